The summed E-state index contributed by atoms with van der Waals surface area (Å²) in [4.78, 5) is 26.1. The van der Waals surface area contributed by atoms with E-state index in [1.165, 1.54) is 161 Å². The van der Waals surface area contributed by atoms with Crippen LogP contribution in [0, 0.1) is 0 Å². The molecule has 0 bridgehead atoms. The van der Waals surface area contributed by atoms with Gasteiger partial charge in [0.25, 0.3) is 0 Å². The highest BCUT2D eigenvalue weighted by molar-refractivity contribution is 5.77. The van der Waals surface area contributed by atoms with Crippen molar-refractivity contribution < 1.29 is 24.5 Å². The molecule has 0 spiro atoms. The molecule has 6 nitrogen and oxygen atoms in total. The molecule has 61 heavy (non-hydrogen) atoms. The van der Waals surface area contributed by atoms with E-state index < -0.39 is 18.2 Å². The number of hydrogen-bond acceptors (Lipinski definition) is 5. The number of aliphatic hydroxyl groups excluding tert-OH is 2. The van der Waals surface area contributed by atoms with Gasteiger partial charge in [0.05, 0.1) is 25.2 Å². The first-order valence-electron chi connectivity index (χ1n) is 26.7. The van der Waals surface area contributed by atoms with Gasteiger partial charge in [0.1, 0.15) is 6.10 Å². The molecule has 0 aliphatic heterocycles. The first kappa shape index (κ1) is 59.1. The zero-order chi connectivity index (χ0) is 44.5. The molecule has 358 valence electrons. The molecule has 1 amide bonds. The second-order valence-corrected chi connectivity index (χ2v) is 18.3. The molecule has 0 saturated heterocycles. The van der Waals surface area contributed by atoms with Gasteiger partial charge in [-0.2, -0.15) is 0 Å². The van der Waals surface area contributed by atoms with E-state index in [9.17, 15) is 19.8 Å². The van der Waals surface area contributed by atoms with Gasteiger partial charge in [-0.25, -0.2) is 0 Å². The summed E-state index contributed by atoms with van der Waals surface area (Å²) in [5.74, 6) is -0.504. The summed E-state index contributed by atoms with van der Waals surface area (Å²) in [7, 11) is 0. The second-order valence-electron chi connectivity index (χ2n) is 18.3. The summed E-state index contributed by atoms with van der Waals surface area (Å²) in [6.45, 7) is 6.45. The van der Waals surface area contributed by atoms with E-state index in [-0.39, 0.29) is 24.9 Å². The first-order valence-corrected chi connectivity index (χ1v) is 26.7. The summed E-state index contributed by atoms with van der Waals surface area (Å²) >= 11 is 0. The molecule has 0 aliphatic carbocycles. The van der Waals surface area contributed by atoms with E-state index in [0.717, 1.165) is 70.6 Å². The fourth-order valence-electron chi connectivity index (χ4n) is 8.11. The summed E-state index contributed by atoms with van der Waals surface area (Å²) < 4.78 is 5.91. The Morgan fingerprint density at radius 3 is 1.33 bits per heavy atom. The average molecular weight is 858 g/mol. The molecular formula is C55H103NO5. The van der Waals surface area contributed by atoms with Gasteiger partial charge in [-0.3, -0.25) is 9.59 Å². The van der Waals surface area contributed by atoms with Crippen molar-refractivity contribution in [2.24, 2.45) is 0 Å². The van der Waals surface area contributed by atoms with Gasteiger partial charge in [-0.05, 0) is 77.0 Å². The molecule has 3 atom stereocenters. The van der Waals surface area contributed by atoms with Crippen LogP contribution >= 0.6 is 0 Å². The van der Waals surface area contributed by atoms with Crippen molar-refractivity contribution in [2.45, 2.75) is 296 Å². The fraction of sp³-hybridized carbons (Fsp3) is 0.855. The van der Waals surface area contributed by atoms with Crippen molar-refractivity contribution in [2.75, 3.05) is 6.61 Å². The number of esters is 1. The molecule has 0 aromatic heterocycles. The molecule has 3 unspecified atom stereocenters. The average Bonchev–Trinajstić information content (AvgIpc) is 3.25. The van der Waals surface area contributed by atoms with E-state index in [0.29, 0.717) is 19.3 Å². The molecule has 0 aliphatic rings. The molecule has 0 rings (SSSR count). The number of nitrogens with one attached hydrogen (secondary N) is 1. The van der Waals surface area contributed by atoms with Crippen LogP contribution < -0.4 is 5.32 Å². The van der Waals surface area contributed by atoms with E-state index in [4.69, 9.17) is 4.74 Å². The molecule has 0 saturated carbocycles. The molecule has 0 heterocycles. The first-order chi connectivity index (χ1) is 30.0. The quantitative estimate of drug-likeness (QED) is 0.0322. The van der Waals surface area contributed by atoms with Gasteiger partial charge in [0.15, 0.2) is 0 Å². The number of allylic oxidation sites excluding steroid dienone is 6. The van der Waals surface area contributed by atoms with E-state index in [1.807, 2.05) is 0 Å². The van der Waals surface area contributed by atoms with Crippen LogP contribution in [0.4, 0.5) is 0 Å². The number of amides is 1. The van der Waals surface area contributed by atoms with E-state index in [1.54, 1.807) is 0 Å². The van der Waals surface area contributed by atoms with Crippen molar-refractivity contribution in [3.05, 3.63) is 36.5 Å². The van der Waals surface area contributed by atoms with Crippen LogP contribution in [-0.2, 0) is 14.3 Å². The van der Waals surface area contributed by atoms with Crippen LogP contribution in [0.25, 0.3) is 0 Å². The van der Waals surface area contributed by atoms with Crippen LogP contribution in [0.5, 0.6) is 0 Å². The van der Waals surface area contributed by atoms with Gasteiger partial charge in [-0.15, -0.1) is 0 Å². The third-order valence-electron chi connectivity index (χ3n) is 12.2. The summed E-state index contributed by atoms with van der Waals surface area (Å²) in [5.41, 5.74) is 0. The maximum atomic E-state index is 13.2. The molecule has 0 fully saturated rings. The van der Waals surface area contributed by atoms with Crippen LogP contribution in [0.2, 0.25) is 0 Å². The predicted molar refractivity (Wildman–Crippen MR) is 264 cm³/mol. The molecule has 3 N–H and O–H groups in total. The molecule has 6 heteroatoms. The number of ether oxygens (including phenoxy) is 1. The summed E-state index contributed by atoms with van der Waals surface area (Å²) in [6, 6.07) is -0.709. The van der Waals surface area contributed by atoms with Gasteiger partial charge in [0, 0.05) is 6.42 Å². The Labute approximate surface area is 379 Å². The minimum absolute atomic E-state index is 0.0558. The lowest BCUT2D eigenvalue weighted by Crippen LogP contribution is -2.46. The summed E-state index contributed by atoms with van der Waals surface area (Å²) in [6.07, 6.45) is 57.8. The zero-order valence-electron chi connectivity index (χ0n) is 40.8. The van der Waals surface area contributed by atoms with Gasteiger partial charge >= 0.3 is 5.97 Å². The maximum absolute atomic E-state index is 13.2. The van der Waals surface area contributed by atoms with Crippen LogP contribution in [0.15, 0.2) is 36.5 Å². The van der Waals surface area contributed by atoms with Crippen LogP contribution in [0.1, 0.15) is 278 Å². The van der Waals surface area contributed by atoms with Crippen LogP contribution in [-0.4, -0.2) is 46.9 Å². The molecule has 0 aromatic rings. The van der Waals surface area contributed by atoms with Crippen molar-refractivity contribution >= 4 is 11.9 Å². The van der Waals surface area contributed by atoms with E-state index >= 15 is 0 Å². The maximum Gasteiger partial charge on any atom is 0.306 e. The third-order valence-corrected chi connectivity index (χ3v) is 12.2. The number of unbranched alkanes of at least 4 members (excludes halogenated alkanes) is 30. The minimum Gasteiger partial charge on any atom is -0.462 e. The highest BCUT2D eigenvalue weighted by Crippen LogP contribution is 2.17. The number of rotatable bonds is 48. The standard InChI is InChI=1S/C55H103NO5/c1-4-7-10-13-16-19-22-24-26-27-28-30-33-36-39-42-45-48-55(60)61-51(46-43-40-37-34-31-21-18-15-12-9-6-3)49-54(59)56-52(50-57)53(58)47-44-41-38-35-32-29-25-23-20-17-14-11-8-5-2/h16,19,24,26,34,37,51-53,57-58H,4-15,17-18,20-23,25,27-33,35-36,38-50H2,1-3H3,(H,56,59)/b19-16-,26-24-,37-34-. The van der Waals surface area contributed by atoms with E-state index in [2.05, 4.69) is 62.5 Å². The lowest BCUT2D eigenvalue weighted by Gasteiger charge is -2.24. The highest BCUT2D eigenvalue weighted by atomic mass is 16.5. The number of carbonyl (C=O) groups is 2. The Balaban J connectivity index is 4.52. The third kappa shape index (κ3) is 44.5. The topological polar surface area (TPSA) is 95.9 Å². The Hall–Kier alpha value is -1.92. The number of hydrogen-bond donors (Lipinski definition) is 3. The Kier molecular flexibility index (Phi) is 47.6. The molecule has 0 aromatic carbocycles. The minimum atomic E-state index is -0.793. The van der Waals surface area contributed by atoms with Crippen molar-refractivity contribution in [3.63, 3.8) is 0 Å². The molecular weight excluding hydrogens is 755 g/mol. The van der Waals surface area contributed by atoms with Gasteiger partial charge in [-0.1, -0.05) is 224 Å². The highest BCUT2D eigenvalue weighted by Gasteiger charge is 2.24. The fourth-order valence-corrected chi connectivity index (χ4v) is 8.11. The zero-order valence-corrected chi connectivity index (χ0v) is 40.8. The molecule has 0 radical (unpaired) electrons. The van der Waals surface area contributed by atoms with Crippen LogP contribution in [0.3, 0.4) is 0 Å². The normalized spacial score (nSPS) is 13.5. The second kappa shape index (κ2) is 49.1. The Bertz CT molecular complexity index is 1010. The SMILES string of the molecule is CCCCC/C=C\C/C=C\CCCCCCCCCC(=O)OC(CCC/C=C\CCCCCCCC)CC(=O)NC(CO)C(O)CCCCCCCCCCCCCCCC. The monoisotopic (exact) mass is 858 g/mol. The van der Waals surface area contributed by atoms with Crippen molar-refractivity contribution in [3.8, 4) is 0 Å². The van der Waals surface area contributed by atoms with Gasteiger partial charge in [0.2, 0.25) is 5.91 Å². The smallest absolute Gasteiger partial charge is 0.306 e. The largest absolute Gasteiger partial charge is 0.462 e. The van der Waals surface area contributed by atoms with Crippen molar-refractivity contribution in [1.82, 2.24) is 5.32 Å². The van der Waals surface area contributed by atoms with Gasteiger partial charge < -0.3 is 20.3 Å². The Morgan fingerprint density at radius 2 is 0.852 bits per heavy atom. The Morgan fingerprint density at radius 1 is 0.475 bits per heavy atom. The lowest BCUT2D eigenvalue weighted by molar-refractivity contribution is -0.151. The number of aliphatic hydroxyl groups is 2. The number of carbonyl (C=O) groups excluding carboxylic acids is 2. The predicted octanol–water partition coefficient (Wildman–Crippen LogP) is 16.1. The summed E-state index contributed by atoms with van der Waals surface area (Å²) in [5, 5.41) is 23.8. The van der Waals surface area contributed by atoms with Crippen molar-refractivity contribution in [1.29, 1.82) is 0 Å². The lowest BCUT2D eigenvalue weighted by atomic mass is 10.0.